The van der Waals surface area contributed by atoms with Gasteiger partial charge in [-0.05, 0) is 51.1 Å². The first-order valence-corrected chi connectivity index (χ1v) is 9.25. The Labute approximate surface area is 145 Å². The Bertz CT molecular complexity index is 542. The predicted octanol–water partition coefficient (Wildman–Crippen LogP) is 2.97. The molecule has 1 aliphatic carbocycles. The zero-order valence-electron chi connectivity index (χ0n) is 15.1. The first-order chi connectivity index (χ1) is 11.6. The number of hydrogen-bond acceptors (Lipinski definition) is 3. The molecule has 1 saturated carbocycles. The monoisotopic (exact) mass is 330 g/mol. The molecule has 0 unspecified atom stereocenters. The lowest BCUT2D eigenvalue weighted by Gasteiger charge is -2.45. The third kappa shape index (κ3) is 4.17. The number of carbonyl (C=O) groups excluding carboxylic acids is 1. The molecule has 2 aliphatic rings. The summed E-state index contributed by atoms with van der Waals surface area (Å²) in [6, 6.07) is 8.15. The van der Waals surface area contributed by atoms with Gasteiger partial charge in [-0.1, -0.05) is 31.4 Å². The highest BCUT2D eigenvalue weighted by Gasteiger charge is 2.39. The maximum absolute atomic E-state index is 12.9. The SMILES string of the molecule is CN(C)CCc1ccc(C(=O)N2CCOC3(CCCCC3)C2)cc1. The molecule has 1 amide bonds. The highest BCUT2D eigenvalue weighted by atomic mass is 16.5. The van der Waals surface area contributed by atoms with Crippen LogP contribution in [0.1, 0.15) is 48.0 Å². The van der Waals surface area contributed by atoms with Gasteiger partial charge >= 0.3 is 0 Å². The van der Waals surface area contributed by atoms with Crippen LogP contribution in [0.2, 0.25) is 0 Å². The standard InChI is InChI=1S/C20H30N2O2/c1-21(2)13-10-17-6-8-18(9-7-17)19(23)22-14-15-24-20(16-22)11-4-3-5-12-20/h6-9H,3-5,10-16H2,1-2H3. The lowest BCUT2D eigenvalue weighted by atomic mass is 9.83. The third-order valence-electron chi connectivity index (χ3n) is 5.35. The average molecular weight is 330 g/mol. The van der Waals surface area contributed by atoms with Crippen molar-refractivity contribution in [2.45, 2.75) is 44.1 Å². The van der Waals surface area contributed by atoms with Crippen LogP contribution < -0.4 is 0 Å². The van der Waals surface area contributed by atoms with E-state index in [-0.39, 0.29) is 11.5 Å². The Hall–Kier alpha value is -1.39. The number of amides is 1. The van der Waals surface area contributed by atoms with Gasteiger partial charge in [0.15, 0.2) is 0 Å². The fraction of sp³-hybridized carbons (Fsp3) is 0.650. The Morgan fingerprint density at radius 1 is 1.17 bits per heavy atom. The van der Waals surface area contributed by atoms with Gasteiger partial charge in [-0.2, -0.15) is 0 Å². The zero-order valence-corrected chi connectivity index (χ0v) is 15.1. The number of ether oxygens (including phenoxy) is 1. The highest BCUT2D eigenvalue weighted by Crippen LogP contribution is 2.34. The summed E-state index contributed by atoms with van der Waals surface area (Å²) >= 11 is 0. The van der Waals surface area contributed by atoms with E-state index < -0.39 is 0 Å². The van der Waals surface area contributed by atoms with Crippen molar-refractivity contribution in [2.24, 2.45) is 0 Å². The van der Waals surface area contributed by atoms with Crippen molar-refractivity contribution in [3.05, 3.63) is 35.4 Å². The molecule has 0 aromatic heterocycles. The molecule has 1 aromatic rings. The lowest BCUT2D eigenvalue weighted by molar-refractivity contribution is -0.117. The average Bonchev–Trinajstić information content (AvgIpc) is 2.60. The maximum Gasteiger partial charge on any atom is 0.254 e. The van der Waals surface area contributed by atoms with Crippen LogP contribution in [-0.2, 0) is 11.2 Å². The van der Waals surface area contributed by atoms with E-state index in [4.69, 9.17) is 4.74 Å². The summed E-state index contributed by atoms with van der Waals surface area (Å²) in [5, 5.41) is 0. The van der Waals surface area contributed by atoms with Crippen molar-refractivity contribution in [3.8, 4) is 0 Å². The summed E-state index contributed by atoms with van der Waals surface area (Å²) in [5.74, 6) is 0.155. The second-order valence-electron chi connectivity index (χ2n) is 7.57. The molecule has 0 radical (unpaired) electrons. The number of rotatable bonds is 4. The summed E-state index contributed by atoms with van der Waals surface area (Å²) in [6.07, 6.45) is 6.96. The van der Waals surface area contributed by atoms with Gasteiger partial charge in [0.05, 0.1) is 18.8 Å². The minimum atomic E-state index is -0.0716. The number of benzene rings is 1. The van der Waals surface area contributed by atoms with Crippen LogP contribution in [-0.4, -0.2) is 61.6 Å². The molecule has 0 atom stereocenters. The van der Waals surface area contributed by atoms with Gasteiger partial charge in [0.2, 0.25) is 0 Å². The van der Waals surface area contributed by atoms with Crippen LogP contribution in [0, 0.1) is 0 Å². The van der Waals surface area contributed by atoms with E-state index >= 15 is 0 Å². The van der Waals surface area contributed by atoms with E-state index in [1.54, 1.807) is 0 Å². The van der Waals surface area contributed by atoms with Crippen LogP contribution in [0.25, 0.3) is 0 Å². The van der Waals surface area contributed by atoms with Crippen molar-refractivity contribution in [3.63, 3.8) is 0 Å². The normalized spacial score (nSPS) is 20.5. The van der Waals surface area contributed by atoms with Crippen molar-refractivity contribution >= 4 is 5.91 Å². The van der Waals surface area contributed by atoms with Gasteiger partial charge < -0.3 is 14.5 Å². The van der Waals surface area contributed by atoms with Gasteiger partial charge in [-0.25, -0.2) is 0 Å². The molecule has 4 nitrogen and oxygen atoms in total. The molecule has 1 heterocycles. The first kappa shape index (κ1) is 17.4. The third-order valence-corrected chi connectivity index (χ3v) is 5.35. The zero-order chi connectivity index (χ0) is 17.0. The van der Waals surface area contributed by atoms with Crippen LogP contribution >= 0.6 is 0 Å². The quantitative estimate of drug-likeness (QED) is 0.851. The van der Waals surface area contributed by atoms with E-state index in [2.05, 4.69) is 31.1 Å². The molecular formula is C20H30N2O2. The molecule has 0 bridgehead atoms. The molecule has 4 heteroatoms. The van der Waals surface area contributed by atoms with Crippen molar-refractivity contribution in [1.29, 1.82) is 0 Å². The summed E-state index contributed by atoms with van der Waals surface area (Å²) in [4.78, 5) is 17.0. The van der Waals surface area contributed by atoms with Crippen LogP contribution in [0.4, 0.5) is 0 Å². The fourth-order valence-electron chi connectivity index (χ4n) is 3.87. The molecular weight excluding hydrogens is 300 g/mol. The van der Waals surface area contributed by atoms with Gasteiger partial charge in [0, 0.05) is 18.7 Å². The largest absolute Gasteiger partial charge is 0.371 e. The first-order valence-electron chi connectivity index (χ1n) is 9.25. The minimum Gasteiger partial charge on any atom is -0.371 e. The smallest absolute Gasteiger partial charge is 0.254 e. The highest BCUT2D eigenvalue weighted by molar-refractivity contribution is 5.94. The lowest BCUT2D eigenvalue weighted by Crippen LogP contribution is -2.54. The number of hydrogen-bond donors (Lipinski definition) is 0. The van der Waals surface area contributed by atoms with Crippen LogP contribution in [0.3, 0.4) is 0 Å². The van der Waals surface area contributed by atoms with Crippen molar-refractivity contribution in [2.75, 3.05) is 40.3 Å². The molecule has 1 aliphatic heterocycles. The number of nitrogens with zero attached hydrogens (tertiary/aromatic N) is 2. The predicted molar refractivity (Wildman–Crippen MR) is 96.4 cm³/mol. The molecule has 1 aromatic carbocycles. The molecule has 132 valence electrons. The Kier molecular flexibility index (Phi) is 5.57. The minimum absolute atomic E-state index is 0.0716. The summed E-state index contributed by atoms with van der Waals surface area (Å²) in [5.41, 5.74) is 2.01. The maximum atomic E-state index is 12.9. The Morgan fingerprint density at radius 2 is 1.88 bits per heavy atom. The summed E-state index contributed by atoms with van der Waals surface area (Å²) in [7, 11) is 4.16. The number of carbonyl (C=O) groups is 1. The summed E-state index contributed by atoms with van der Waals surface area (Å²) < 4.78 is 6.10. The van der Waals surface area contributed by atoms with Gasteiger partial charge in [-0.15, -0.1) is 0 Å². The van der Waals surface area contributed by atoms with Crippen molar-refractivity contribution in [1.82, 2.24) is 9.80 Å². The van der Waals surface area contributed by atoms with Crippen LogP contribution in [0.5, 0.6) is 0 Å². The second-order valence-corrected chi connectivity index (χ2v) is 7.57. The van der Waals surface area contributed by atoms with Crippen molar-refractivity contribution < 1.29 is 9.53 Å². The van der Waals surface area contributed by atoms with Crippen LogP contribution in [0.15, 0.2) is 24.3 Å². The van der Waals surface area contributed by atoms with E-state index in [0.717, 1.165) is 37.9 Å². The molecule has 24 heavy (non-hydrogen) atoms. The Morgan fingerprint density at radius 3 is 2.54 bits per heavy atom. The summed E-state index contributed by atoms with van der Waals surface area (Å²) in [6.45, 7) is 3.17. The van der Waals surface area contributed by atoms with Gasteiger partial charge in [0.1, 0.15) is 0 Å². The van der Waals surface area contributed by atoms with E-state index in [1.807, 2.05) is 17.0 Å². The van der Waals surface area contributed by atoms with E-state index in [9.17, 15) is 4.79 Å². The van der Waals surface area contributed by atoms with E-state index in [0.29, 0.717) is 13.2 Å². The second kappa shape index (κ2) is 7.66. The molecule has 3 rings (SSSR count). The molecule has 1 saturated heterocycles. The molecule has 2 fully saturated rings. The van der Waals surface area contributed by atoms with Gasteiger partial charge in [0.25, 0.3) is 5.91 Å². The number of morpholine rings is 1. The number of likely N-dealkylation sites (N-methyl/N-ethyl adjacent to an activating group) is 1. The molecule has 1 spiro atoms. The Balaban J connectivity index is 1.63. The molecule has 0 N–H and O–H groups in total. The topological polar surface area (TPSA) is 32.8 Å². The van der Waals surface area contributed by atoms with E-state index in [1.165, 1.54) is 24.8 Å². The fourth-order valence-corrected chi connectivity index (χ4v) is 3.87. The van der Waals surface area contributed by atoms with Gasteiger partial charge in [-0.3, -0.25) is 4.79 Å².